The van der Waals surface area contributed by atoms with Crippen LogP contribution < -0.4 is 57.0 Å². The van der Waals surface area contributed by atoms with Crippen LogP contribution in [0, 0.1) is 4.91 Å². The van der Waals surface area contributed by atoms with E-state index in [1.165, 1.54) is 6.42 Å². The molecular weight excluding hydrogens is 1620 g/mol. The van der Waals surface area contributed by atoms with Crippen LogP contribution in [0.25, 0.3) is 0 Å². The van der Waals surface area contributed by atoms with Gasteiger partial charge in [-0.3, -0.25) is 37.9 Å². The van der Waals surface area contributed by atoms with Crippen molar-refractivity contribution >= 4 is 158 Å². The highest BCUT2D eigenvalue weighted by molar-refractivity contribution is 7.86. The summed E-state index contributed by atoms with van der Waals surface area (Å²) in [6.45, 7) is 11.0. The van der Waals surface area contributed by atoms with Gasteiger partial charge in [-0.15, -0.1) is 86.1 Å². The number of aliphatic carboxylic acids is 1. The van der Waals surface area contributed by atoms with Gasteiger partial charge >= 0.3 is 27.3 Å². The number of hydrazine groups is 1. The third kappa shape index (κ3) is 48.2. The summed E-state index contributed by atoms with van der Waals surface area (Å²) in [5, 5.41) is 23.6. The highest BCUT2D eigenvalue weighted by Crippen LogP contribution is 2.49. The van der Waals surface area contributed by atoms with Crippen molar-refractivity contribution in [2.75, 3.05) is 208 Å². The second-order valence-corrected chi connectivity index (χ2v) is 34.7. The van der Waals surface area contributed by atoms with Crippen molar-refractivity contribution in [2.45, 2.75) is 103 Å². The zero-order chi connectivity index (χ0) is 81.0. The summed E-state index contributed by atoms with van der Waals surface area (Å²) in [6, 6.07) is 14.2. The molecule has 618 valence electrons. The number of benzene rings is 2. The monoisotopic (exact) mass is 1730 g/mol. The first-order chi connectivity index (χ1) is 50.6. The molecule has 0 spiro atoms. The Morgan fingerprint density at radius 2 is 1.20 bits per heavy atom. The van der Waals surface area contributed by atoms with Crippen LogP contribution in [0.3, 0.4) is 0 Å². The van der Waals surface area contributed by atoms with Crippen LogP contribution in [0.2, 0.25) is 0 Å². The summed E-state index contributed by atoms with van der Waals surface area (Å²) in [5.74, 6) is 3.97. The number of nitrogens with zero attached hydrogens (tertiary/aromatic N) is 11. The molecule has 2 saturated heterocycles. The predicted molar refractivity (Wildman–Crippen MR) is 435 cm³/mol. The van der Waals surface area contributed by atoms with Gasteiger partial charge in [-0.1, -0.05) is 43.5 Å². The molecule has 1 saturated carbocycles. The van der Waals surface area contributed by atoms with Gasteiger partial charge in [-0.2, -0.15) is 36.8 Å². The lowest BCUT2D eigenvalue weighted by atomic mass is 9.96. The van der Waals surface area contributed by atoms with E-state index in [4.69, 9.17) is 101 Å². The molecule has 9 N–H and O–H groups in total. The number of alkyl halides is 7. The number of carbonyl (C=O) groups is 3. The summed E-state index contributed by atoms with van der Waals surface area (Å²) in [7, 11) is 0.807. The molecule has 107 heavy (non-hydrogen) atoms. The molecule has 3 atom stereocenters. The Morgan fingerprint density at radius 1 is 0.701 bits per heavy atom. The minimum absolute atomic E-state index is 0.0249. The number of nitrogens with one attached hydrogen (secondary N) is 6. The summed E-state index contributed by atoms with van der Waals surface area (Å²) in [6.07, 6.45) is 10.3. The van der Waals surface area contributed by atoms with Crippen molar-refractivity contribution in [3.05, 3.63) is 70.1 Å². The first kappa shape index (κ1) is 103. The zero-order valence-corrected chi connectivity index (χ0v) is 72.0. The number of amides is 3. The lowest BCUT2D eigenvalue weighted by Gasteiger charge is -2.34. The molecule has 33 nitrogen and oxygen atoms in total. The van der Waals surface area contributed by atoms with Gasteiger partial charge in [0.2, 0.25) is 17.8 Å². The van der Waals surface area contributed by atoms with Gasteiger partial charge in [0.05, 0.1) is 50.8 Å². The molecule has 1 aromatic heterocycles. The Bertz CT molecular complexity index is 3120. The maximum absolute atomic E-state index is 12.2. The van der Waals surface area contributed by atoms with E-state index in [0.717, 1.165) is 106 Å². The van der Waals surface area contributed by atoms with Gasteiger partial charge in [0.1, 0.15) is 6.04 Å². The van der Waals surface area contributed by atoms with Crippen molar-refractivity contribution in [2.24, 2.45) is 11.0 Å². The number of nitroso groups, excluding NO2 is 1. The molecule has 3 aromatic rings. The molecule has 44 heteroatoms. The molecule has 6 rings (SSSR count). The van der Waals surface area contributed by atoms with Crippen LogP contribution in [0.4, 0.5) is 28.3 Å². The molecule has 2 unspecified atom stereocenters. The second kappa shape index (κ2) is 59.2. The predicted octanol–water partition coefficient (Wildman–Crippen LogP) is 8.78. The van der Waals surface area contributed by atoms with Crippen LogP contribution in [-0.4, -0.2) is 276 Å². The summed E-state index contributed by atoms with van der Waals surface area (Å²) in [5.41, 5.74) is 15.1. The summed E-state index contributed by atoms with van der Waals surface area (Å²) >= 11 is 39.3. The Morgan fingerprint density at radius 3 is 1.61 bits per heavy atom. The number of rotatable bonds is 37. The highest BCUT2D eigenvalue weighted by Gasteiger charge is 2.35. The Balaban J connectivity index is 0.00000123. The van der Waals surface area contributed by atoms with Crippen LogP contribution in [-0.2, 0) is 64.5 Å². The van der Waals surface area contributed by atoms with Gasteiger partial charge in [0, 0.05) is 166 Å². The third-order valence-corrected chi connectivity index (χ3v) is 21.3. The van der Waals surface area contributed by atoms with Gasteiger partial charge in [-0.05, 0) is 101 Å². The molecule has 3 aliphatic rings. The van der Waals surface area contributed by atoms with E-state index >= 15 is 0 Å². The Kier molecular flexibility index (Phi) is 57.2. The lowest BCUT2D eigenvalue weighted by molar-refractivity contribution is -0.138. The fourth-order valence-electron chi connectivity index (χ4n) is 8.99. The first-order valence-electron chi connectivity index (χ1n) is 34.5. The van der Waals surface area contributed by atoms with E-state index in [1.54, 1.807) is 9.34 Å². The molecular formula is C63H115Cl7N18O15P2S2. The number of hydrogen-bond donors (Lipinski definition) is 8. The van der Waals surface area contributed by atoms with Gasteiger partial charge in [0.25, 0.3) is 26.1 Å². The van der Waals surface area contributed by atoms with Crippen molar-refractivity contribution in [1.82, 2.24) is 61.0 Å². The number of carboxylic acid groups (broad SMARTS) is 1. The van der Waals surface area contributed by atoms with Crippen LogP contribution >= 0.6 is 96.5 Å². The maximum atomic E-state index is 12.2. The normalized spacial score (nSPS) is 16.8. The number of hydrogen-bond acceptors (Lipinski definition) is 25. The van der Waals surface area contributed by atoms with Crippen LogP contribution in [0.5, 0.6) is 0 Å². The molecule has 2 aromatic carbocycles. The van der Waals surface area contributed by atoms with Crippen molar-refractivity contribution < 1.29 is 62.9 Å². The lowest BCUT2D eigenvalue weighted by Crippen LogP contribution is -2.43. The number of nitrogens with two attached hydrogens (primary N) is 1. The molecule has 2 aliphatic heterocycles. The minimum Gasteiger partial charge on any atom is -0.480 e. The second-order valence-electron chi connectivity index (χ2n) is 24.4. The number of aromatic nitrogens is 3. The topological polar surface area (TPSA) is 400 Å². The number of carboxylic acids is 1. The maximum Gasteiger partial charge on any atom is 0.343 e. The van der Waals surface area contributed by atoms with E-state index in [0.29, 0.717) is 117 Å². The van der Waals surface area contributed by atoms with E-state index in [9.17, 15) is 45.3 Å². The van der Waals surface area contributed by atoms with E-state index in [-0.39, 0.29) is 43.6 Å². The number of unbranched alkanes of at least 4 members (excludes halogenated alkanes) is 1. The fraction of sp³-hybridized carbons (Fsp3) is 0.714. The Hall–Kier alpha value is -3.59. The molecule has 0 bridgehead atoms. The van der Waals surface area contributed by atoms with E-state index < -0.39 is 53.6 Å². The van der Waals surface area contributed by atoms with Crippen LogP contribution in [0.1, 0.15) is 93.1 Å². The van der Waals surface area contributed by atoms with Crippen molar-refractivity contribution in [3.63, 3.8) is 0 Å². The Labute approximate surface area is 669 Å². The average molecular weight is 1740 g/mol. The van der Waals surface area contributed by atoms with Gasteiger partial charge < -0.3 is 50.1 Å². The SMILES string of the molecule is CN(C)c1nc(N(C)C)nc(N(C)C)n1.CNNCc1ccc(C(=O)NC(C)C)cc1.CS(=O)(=O)OCCCCOS(C)(=O)=O.N[C@@H](Cc1ccc(N(CCCl)CCCl)cc1)C(=O)O.O=NN(CCCl)C(=O)NC1CCCCC1.O=P1(N(CCCl)CCCl)NCCCO1.O=P1(NCCCl)OCCCN1CCCl. The number of halogens is 7. The molecule has 1 aliphatic carbocycles. The third-order valence-electron chi connectivity index (χ3n) is 14.3. The molecule has 3 amide bonds. The largest absolute Gasteiger partial charge is 0.480 e. The fourth-order valence-corrected chi connectivity index (χ4v) is 15.6. The van der Waals surface area contributed by atoms with Crippen LogP contribution in [0.15, 0.2) is 53.8 Å². The van der Waals surface area contributed by atoms with Crippen molar-refractivity contribution in [1.29, 1.82) is 0 Å². The standard InChI is InChI=1S/C13H18Cl2N2O2.C12H19N3O.C9H16ClN3O2.C9H18N6.2C7H15Cl2N2O2P.C6H14O6S2/c14-5-7-17(8-6-15)11-3-1-10(2-4-11)9-12(16)13(18)19;1-9(2)15-12(16)11-6-4-10(5-7-11)8-14-13-3;10-6-7-13(12-15)9(14)11-8-4-2-1-3-5-8;1-13(2)7-10-8(14(3)4)12-9(11-7)15(5)6;8-2-4-10-14(12)11(6-3-9)5-1-7-13-14;8-2-5-11(6-3-9)14(12)10-4-1-7-13-14;1-13(7,8)11-5-3-4-6-12-14(2,9)10/h1-4,12H,5-9,16H2,(H,18,19);4-7,9,13-14H,8H2,1-3H3,(H,15,16);8H,1-7H2,(H,11,14);1-6H3;2*1-7H2,(H,10,12);3-6H2,1-2H3/t12-;;;;;;/m0....../s1. The summed E-state index contributed by atoms with van der Waals surface area (Å²) in [4.78, 5) is 64.8. The highest BCUT2D eigenvalue weighted by atomic mass is 35.5. The zero-order valence-electron chi connectivity index (χ0n) is 63.3. The average Bonchev–Trinajstić information content (AvgIpc) is 0.870. The smallest absolute Gasteiger partial charge is 0.343 e. The molecule has 3 heterocycles. The van der Waals surface area contributed by atoms with Gasteiger partial charge in [-0.25, -0.2) is 24.3 Å². The van der Waals surface area contributed by atoms with Crippen molar-refractivity contribution in [3.8, 4) is 0 Å². The van der Waals surface area contributed by atoms with E-state index in [1.807, 2.05) is 126 Å². The number of urea groups is 1. The van der Waals surface area contributed by atoms with E-state index in [2.05, 4.69) is 65.2 Å². The molecule has 0 radical (unpaired) electrons. The minimum atomic E-state index is -3.40. The number of anilines is 4. The summed E-state index contributed by atoms with van der Waals surface area (Å²) < 4.78 is 89.2. The quantitative estimate of drug-likeness (QED) is 0.00667. The first-order valence-corrected chi connectivity index (χ1v) is 45.0. The molecule has 3 fully saturated rings. The van der Waals surface area contributed by atoms with Gasteiger partial charge in [0.15, 0.2) is 0 Å². The number of carbonyl (C=O) groups excluding carboxylic acids is 2.